The molecule has 0 aromatic heterocycles. The molecule has 0 aliphatic carbocycles. The van der Waals surface area contributed by atoms with Crippen molar-refractivity contribution >= 4 is 29.1 Å². The molecule has 0 atom stereocenters. The molecule has 6 heteroatoms. The highest BCUT2D eigenvalue weighted by Gasteiger charge is 2.06. The predicted molar refractivity (Wildman–Crippen MR) is 71.2 cm³/mol. The van der Waals surface area contributed by atoms with Crippen LogP contribution in [-0.2, 0) is 4.79 Å². The van der Waals surface area contributed by atoms with Crippen molar-refractivity contribution in [2.24, 2.45) is 5.73 Å². The Balaban J connectivity index is 2.36. The van der Waals surface area contributed by atoms with E-state index < -0.39 is 0 Å². The Morgan fingerprint density at radius 2 is 2.00 bits per heavy atom. The van der Waals surface area contributed by atoms with Crippen LogP contribution in [0.2, 0.25) is 5.02 Å². The van der Waals surface area contributed by atoms with Gasteiger partial charge in [0, 0.05) is 18.5 Å². The number of hydrogen-bond acceptors (Lipinski definition) is 3. The van der Waals surface area contributed by atoms with Gasteiger partial charge in [-0.1, -0.05) is 11.6 Å². The van der Waals surface area contributed by atoms with Crippen molar-refractivity contribution in [2.75, 3.05) is 12.3 Å². The lowest BCUT2D eigenvalue weighted by Crippen LogP contribution is -2.24. The molecule has 1 aromatic carbocycles. The zero-order chi connectivity index (χ0) is 13.5. The lowest BCUT2D eigenvalue weighted by atomic mass is 10.2. The number of hydrogen-bond donors (Lipinski definition) is 3. The zero-order valence-corrected chi connectivity index (χ0v) is 10.7. The van der Waals surface area contributed by atoms with Crippen molar-refractivity contribution in [3.05, 3.63) is 28.8 Å². The van der Waals surface area contributed by atoms with Crippen molar-refractivity contribution in [2.45, 2.75) is 19.3 Å². The maximum Gasteiger partial charge on any atom is 0.251 e. The number of carbonyl (C=O) groups is 2. The Morgan fingerprint density at radius 3 is 2.61 bits per heavy atom. The first-order chi connectivity index (χ1) is 8.50. The van der Waals surface area contributed by atoms with E-state index in [0.717, 1.165) is 0 Å². The maximum absolute atomic E-state index is 11.7. The van der Waals surface area contributed by atoms with Crippen molar-refractivity contribution in [3.8, 4) is 0 Å². The smallest absolute Gasteiger partial charge is 0.251 e. The lowest BCUT2D eigenvalue weighted by Gasteiger charge is -2.06. The summed E-state index contributed by atoms with van der Waals surface area (Å²) in [5.74, 6) is -0.539. The Kier molecular flexibility index (Phi) is 5.45. The van der Waals surface area contributed by atoms with E-state index in [2.05, 4.69) is 5.32 Å². The molecule has 0 aliphatic rings. The van der Waals surface area contributed by atoms with E-state index in [1.165, 1.54) is 6.07 Å². The topological polar surface area (TPSA) is 98.2 Å². The summed E-state index contributed by atoms with van der Waals surface area (Å²) in [5.41, 5.74) is 11.5. The Morgan fingerprint density at radius 1 is 1.28 bits per heavy atom. The number of primary amides is 1. The number of nitrogen functional groups attached to an aromatic ring is 1. The summed E-state index contributed by atoms with van der Waals surface area (Å²) in [6, 6.07) is 4.72. The summed E-state index contributed by atoms with van der Waals surface area (Å²) in [6.07, 6.45) is 1.71. The minimum Gasteiger partial charge on any atom is -0.398 e. The number of unbranched alkanes of at least 4 members (excludes halogenated alkanes) is 1. The molecule has 2 amide bonds. The molecule has 0 unspecified atom stereocenters. The maximum atomic E-state index is 11.7. The summed E-state index contributed by atoms with van der Waals surface area (Å²) in [7, 11) is 0. The standard InChI is InChI=1S/C12H16ClN3O2/c13-9-7-8(4-5-10(9)14)12(18)16-6-2-1-3-11(15)17/h4-5,7H,1-3,6,14H2,(H2,15,17)(H,16,18). The Bertz CT molecular complexity index is 449. The number of amides is 2. The second-order valence-electron chi connectivity index (χ2n) is 3.92. The van der Waals surface area contributed by atoms with Crippen LogP contribution in [0.15, 0.2) is 18.2 Å². The highest BCUT2D eigenvalue weighted by molar-refractivity contribution is 6.33. The molecule has 0 spiro atoms. The van der Waals surface area contributed by atoms with E-state index in [1.54, 1.807) is 12.1 Å². The number of anilines is 1. The van der Waals surface area contributed by atoms with E-state index in [0.29, 0.717) is 42.1 Å². The Labute approximate surface area is 110 Å². The first-order valence-corrected chi connectivity index (χ1v) is 6.00. The molecular formula is C12H16ClN3O2. The van der Waals surface area contributed by atoms with Crippen LogP contribution < -0.4 is 16.8 Å². The molecular weight excluding hydrogens is 254 g/mol. The summed E-state index contributed by atoms with van der Waals surface area (Å²) in [4.78, 5) is 22.2. The fourth-order valence-electron chi connectivity index (χ4n) is 1.40. The number of nitrogens with two attached hydrogens (primary N) is 2. The second kappa shape index (κ2) is 6.86. The predicted octanol–water partition coefficient (Wildman–Crippen LogP) is 1.31. The average molecular weight is 270 g/mol. The molecule has 1 rings (SSSR count). The third-order valence-corrected chi connectivity index (χ3v) is 2.73. The van der Waals surface area contributed by atoms with E-state index >= 15 is 0 Å². The third-order valence-electron chi connectivity index (χ3n) is 2.40. The molecule has 0 saturated heterocycles. The molecule has 0 saturated carbocycles. The monoisotopic (exact) mass is 269 g/mol. The summed E-state index contributed by atoms with van der Waals surface area (Å²) in [5, 5.41) is 3.09. The van der Waals surface area contributed by atoms with Crippen molar-refractivity contribution < 1.29 is 9.59 Å². The van der Waals surface area contributed by atoms with Gasteiger partial charge in [0.1, 0.15) is 0 Å². The number of nitrogens with one attached hydrogen (secondary N) is 1. The van der Waals surface area contributed by atoms with E-state index in [9.17, 15) is 9.59 Å². The van der Waals surface area contributed by atoms with Gasteiger partial charge in [0.25, 0.3) is 5.91 Å². The lowest BCUT2D eigenvalue weighted by molar-refractivity contribution is -0.118. The number of carbonyl (C=O) groups excluding carboxylic acids is 2. The quantitative estimate of drug-likeness (QED) is 0.536. The molecule has 5 nitrogen and oxygen atoms in total. The van der Waals surface area contributed by atoms with Gasteiger partial charge in [-0.3, -0.25) is 9.59 Å². The average Bonchev–Trinajstić information content (AvgIpc) is 2.31. The molecule has 18 heavy (non-hydrogen) atoms. The number of benzene rings is 1. The van der Waals surface area contributed by atoms with Gasteiger partial charge < -0.3 is 16.8 Å². The van der Waals surface area contributed by atoms with Crippen LogP contribution in [0.25, 0.3) is 0 Å². The van der Waals surface area contributed by atoms with Crippen LogP contribution in [0.5, 0.6) is 0 Å². The van der Waals surface area contributed by atoms with Gasteiger partial charge >= 0.3 is 0 Å². The molecule has 5 N–H and O–H groups in total. The molecule has 0 heterocycles. The fraction of sp³-hybridized carbons (Fsp3) is 0.333. The molecule has 0 bridgehead atoms. The van der Waals surface area contributed by atoms with Gasteiger partial charge in [0.05, 0.1) is 10.7 Å². The second-order valence-corrected chi connectivity index (χ2v) is 4.32. The Hall–Kier alpha value is -1.75. The number of halogens is 1. The van der Waals surface area contributed by atoms with Crippen molar-refractivity contribution in [3.63, 3.8) is 0 Å². The van der Waals surface area contributed by atoms with Crippen LogP contribution >= 0.6 is 11.6 Å². The molecule has 0 fully saturated rings. The fourth-order valence-corrected chi connectivity index (χ4v) is 1.58. The molecule has 0 aliphatic heterocycles. The normalized spacial score (nSPS) is 10.1. The SMILES string of the molecule is NC(=O)CCCCNC(=O)c1ccc(N)c(Cl)c1. The van der Waals surface area contributed by atoms with Gasteiger partial charge in [-0.05, 0) is 31.0 Å². The highest BCUT2D eigenvalue weighted by atomic mass is 35.5. The van der Waals surface area contributed by atoms with E-state index in [1.807, 2.05) is 0 Å². The third kappa shape index (κ3) is 4.63. The van der Waals surface area contributed by atoms with Crippen molar-refractivity contribution in [1.82, 2.24) is 5.32 Å². The zero-order valence-electron chi connectivity index (χ0n) is 9.91. The first-order valence-electron chi connectivity index (χ1n) is 5.62. The first kappa shape index (κ1) is 14.3. The summed E-state index contributed by atoms with van der Waals surface area (Å²) in [6.45, 7) is 0.494. The van der Waals surface area contributed by atoms with Gasteiger partial charge in [-0.25, -0.2) is 0 Å². The van der Waals surface area contributed by atoms with Gasteiger partial charge in [-0.15, -0.1) is 0 Å². The molecule has 1 aromatic rings. The largest absolute Gasteiger partial charge is 0.398 e. The summed E-state index contributed by atoms with van der Waals surface area (Å²) >= 11 is 5.82. The van der Waals surface area contributed by atoms with Gasteiger partial charge in [-0.2, -0.15) is 0 Å². The van der Waals surface area contributed by atoms with Crippen LogP contribution in [0, 0.1) is 0 Å². The van der Waals surface area contributed by atoms with Gasteiger partial charge in [0.15, 0.2) is 0 Å². The van der Waals surface area contributed by atoms with Crippen LogP contribution in [-0.4, -0.2) is 18.4 Å². The molecule has 98 valence electrons. The van der Waals surface area contributed by atoms with Gasteiger partial charge in [0.2, 0.25) is 5.91 Å². The highest BCUT2D eigenvalue weighted by Crippen LogP contribution is 2.19. The van der Waals surface area contributed by atoms with Crippen LogP contribution in [0.3, 0.4) is 0 Å². The van der Waals surface area contributed by atoms with E-state index in [-0.39, 0.29) is 11.8 Å². The van der Waals surface area contributed by atoms with Crippen LogP contribution in [0.1, 0.15) is 29.6 Å². The minimum absolute atomic E-state index is 0.212. The minimum atomic E-state index is -0.327. The van der Waals surface area contributed by atoms with E-state index in [4.69, 9.17) is 23.1 Å². The van der Waals surface area contributed by atoms with Crippen molar-refractivity contribution in [1.29, 1.82) is 0 Å². The molecule has 0 radical (unpaired) electrons. The van der Waals surface area contributed by atoms with Crippen LogP contribution in [0.4, 0.5) is 5.69 Å². The number of rotatable bonds is 6. The summed E-state index contributed by atoms with van der Waals surface area (Å²) < 4.78 is 0.